The van der Waals surface area contributed by atoms with Gasteiger partial charge in [-0.2, -0.15) is 0 Å². The lowest BCUT2D eigenvalue weighted by Gasteiger charge is -2.25. The molecule has 0 bridgehead atoms. The number of hydrogen-bond donors (Lipinski definition) is 2. The zero-order chi connectivity index (χ0) is 13.8. The second-order valence-corrected chi connectivity index (χ2v) is 4.67. The minimum absolute atomic E-state index is 0.558. The van der Waals surface area contributed by atoms with Crippen molar-refractivity contribution in [2.24, 2.45) is 0 Å². The number of rotatable bonds is 4. The molecule has 1 saturated heterocycles. The molecule has 0 spiro atoms. The number of aliphatic hydroxyl groups excluding tert-OH is 2. The topological polar surface area (TPSA) is 70.0 Å². The molecule has 5 nitrogen and oxygen atoms in total. The van der Waals surface area contributed by atoms with E-state index in [1.54, 1.807) is 12.1 Å². The molecule has 0 amide bonds. The van der Waals surface area contributed by atoms with E-state index in [1.165, 1.54) is 7.11 Å². The quantitative estimate of drug-likeness (QED) is 0.790. The van der Waals surface area contributed by atoms with Crippen LogP contribution in [0.2, 0.25) is 0 Å². The van der Waals surface area contributed by atoms with Crippen LogP contribution in [0.1, 0.15) is 24.5 Å². The van der Waals surface area contributed by atoms with Crippen LogP contribution in [0, 0.1) is 0 Å². The molecule has 2 rings (SSSR count). The summed E-state index contributed by atoms with van der Waals surface area (Å²) in [6.45, 7) is 1.86. The summed E-state index contributed by atoms with van der Waals surface area (Å²) in [5.74, 6) is -0.830. The maximum atomic E-state index is 11.3. The second kappa shape index (κ2) is 6.04. The molecule has 0 aliphatic carbocycles. The van der Waals surface area contributed by atoms with Crippen molar-refractivity contribution in [1.82, 2.24) is 0 Å². The first-order valence-electron chi connectivity index (χ1n) is 6.43. The Morgan fingerprint density at radius 3 is 2.53 bits per heavy atom. The molecule has 0 aromatic heterocycles. The van der Waals surface area contributed by atoms with Crippen LogP contribution < -0.4 is 4.90 Å². The monoisotopic (exact) mass is 265 g/mol. The largest absolute Gasteiger partial charge is 0.467 e. The molecule has 1 aromatic carbocycles. The van der Waals surface area contributed by atoms with Crippen LogP contribution in [-0.2, 0) is 9.53 Å². The number of aliphatic hydroxyl groups is 2. The van der Waals surface area contributed by atoms with Crippen LogP contribution in [0.5, 0.6) is 0 Å². The van der Waals surface area contributed by atoms with Crippen LogP contribution in [-0.4, -0.2) is 42.5 Å². The second-order valence-electron chi connectivity index (χ2n) is 4.67. The number of ether oxygens (including phenoxy) is 1. The number of para-hydroxylation sites is 1. The molecule has 2 N–H and O–H groups in total. The van der Waals surface area contributed by atoms with Gasteiger partial charge in [-0.1, -0.05) is 18.2 Å². The Kier molecular flexibility index (Phi) is 4.39. The van der Waals surface area contributed by atoms with E-state index in [4.69, 9.17) is 0 Å². The van der Waals surface area contributed by atoms with Crippen molar-refractivity contribution in [1.29, 1.82) is 0 Å². The van der Waals surface area contributed by atoms with E-state index in [1.807, 2.05) is 12.1 Å². The van der Waals surface area contributed by atoms with E-state index >= 15 is 0 Å². The van der Waals surface area contributed by atoms with Crippen molar-refractivity contribution in [2.45, 2.75) is 25.0 Å². The average Bonchev–Trinajstić information content (AvgIpc) is 2.99. The van der Waals surface area contributed by atoms with Crippen molar-refractivity contribution in [3.63, 3.8) is 0 Å². The molecule has 1 aliphatic rings. The molecule has 5 heteroatoms. The van der Waals surface area contributed by atoms with Gasteiger partial charge in [0.2, 0.25) is 0 Å². The molecular formula is C14H19NO4. The smallest absolute Gasteiger partial charge is 0.337 e. The number of nitrogens with zero attached hydrogens (tertiary/aromatic N) is 1. The van der Waals surface area contributed by atoms with Crippen LogP contribution in [0.4, 0.5) is 5.69 Å². The third-order valence-corrected chi connectivity index (χ3v) is 3.44. The van der Waals surface area contributed by atoms with Crippen molar-refractivity contribution in [3.8, 4) is 0 Å². The Morgan fingerprint density at radius 2 is 1.89 bits per heavy atom. The normalized spacial score (nSPS) is 18.2. The Hall–Kier alpha value is -1.59. The fraction of sp³-hybridized carbons (Fsp3) is 0.500. The van der Waals surface area contributed by atoms with E-state index in [2.05, 4.69) is 9.64 Å². The SMILES string of the molecule is COC(=O)C(O)C(O)c1ccccc1N1CCCC1. The molecule has 1 aromatic rings. The maximum absolute atomic E-state index is 11.3. The number of methoxy groups -OCH3 is 1. The van der Waals surface area contributed by atoms with Crippen LogP contribution in [0.15, 0.2) is 24.3 Å². The molecule has 1 fully saturated rings. The Balaban J connectivity index is 2.25. The van der Waals surface area contributed by atoms with Crippen LogP contribution >= 0.6 is 0 Å². The number of benzene rings is 1. The van der Waals surface area contributed by atoms with Gasteiger partial charge in [-0.25, -0.2) is 4.79 Å². The lowest BCUT2D eigenvalue weighted by atomic mass is 10.0. The summed E-state index contributed by atoms with van der Waals surface area (Å²) in [7, 11) is 1.19. The molecule has 1 heterocycles. The van der Waals surface area contributed by atoms with E-state index in [-0.39, 0.29) is 0 Å². The number of anilines is 1. The highest BCUT2D eigenvalue weighted by Crippen LogP contribution is 2.30. The van der Waals surface area contributed by atoms with E-state index in [0.717, 1.165) is 31.6 Å². The van der Waals surface area contributed by atoms with Gasteiger partial charge in [-0.15, -0.1) is 0 Å². The molecule has 2 atom stereocenters. The predicted molar refractivity (Wildman–Crippen MR) is 70.9 cm³/mol. The van der Waals surface area contributed by atoms with Gasteiger partial charge >= 0.3 is 5.97 Å². The van der Waals surface area contributed by atoms with Crippen molar-refractivity contribution in [2.75, 3.05) is 25.1 Å². The van der Waals surface area contributed by atoms with E-state index in [9.17, 15) is 15.0 Å². The van der Waals surface area contributed by atoms with Crippen molar-refractivity contribution < 1.29 is 19.7 Å². The van der Waals surface area contributed by atoms with Gasteiger partial charge in [-0.05, 0) is 18.9 Å². The Bertz CT molecular complexity index is 443. The highest BCUT2D eigenvalue weighted by Gasteiger charge is 2.29. The lowest BCUT2D eigenvalue weighted by molar-refractivity contribution is -0.156. The van der Waals surface area contributed by atoms with Gasteiger partial charge in [0.25, 0.3) is 0 Å². The molecule has 19 heavy (non-hydrogen) atoms. The molecule has 2 unspecified atom stereocenters. The third kappa shape index (κ3) is 2.88. The van der Waals surface area contributed by atoms with Crippen molar-refractivity contribution >= 4 is 11.7 Å². The first-order valence-corrected chi connectivity index (χ1v) is 6.43. The van der Waals surface area contributed by atoms with Gasteiger partial charge < -0.3 is 19.8 Å². The number of carbonyl (C=O) groups is 1. The molecule has 1 aliphatic heterocycles. The number of esters is 1. The fourth-order valence-electron chi connectivity index (χ4n) is 2.40. The Labute approximate surface area is 112 Å². The third-order valence-electron chi connectivity index (χ3n) is 3.44. The van der Waals surface area contributed by atoms with Crippen molar-refractivity contribution in [3.05, 3.63) is 29.8 Å². The van der Waals surface area contributed by atoms with Crippen LogP contribution in [0.3, 0.4) is 0 Å². The predicted octanol–water partition coefficient (Wildman–Crippen LogP) is 0.854. The first kappa shape index (κ1) is 13.8. The minimum atomic E-state index is -1.56. The van der Waals surface area contributed by atoms with Gasteiger partial charge in [0, 0.05) is 24.3 Å². The highest BCUT2D eigenvalue weighted by atomic mass is 16.5. The van der Waals surface area contributed by atoms with Gasteiger partial charge in [0.15, 0.2) is 6.10 Å². The van der Waals surface area contributed by atoms with Crippen LogP contribution in [0.25, 0.3) is 0 Å². The number of hydrogen-bond acceptors (Lipinski definition) is 5. The summed E-state index contributed by atoms with van der Waals surface area (Å²) in [5, 5.41) is 19.9. The molecule has 104 valence electrons. The van der Waals surface area contributed by atoms with Gasteiger partial charge in [-0.3, -0.25) is 0 Å². The molecular weight excluding hydrogens is 246 g/mol. The zero-order valence-electron chi connectivity index (χ0n) is 11.0. The summed E-state index contributed by atoms with van der Waals surface area (Å²) in [6, 6.07) is 7.29. The summed E-state index contributed by atoms with van der Waals surface area (Å²) in [6.07, 6.45) is -0.605. The van der Waals surface area contributed by atoms with Gasteiger partial charge in [0.05, 0.1) is 7.11 Å². The lowest BCUT2D eigenvalue weighted by Crippen LogP contribution is -2.30. The van der Waals surface area contributed by atoms with E-state index < -0.39 is 18.2 Å². The average molecular weight is 265 g/mol. The summed E-state index contributed by atoms with van der Waals surface area (Å²) in [4.78, 5) is 13.5. The summed E-state index contributed by atoms with van der Waals surface area (Å²) in [5.41, 5.74) is 1.43. The summed E-state index contributed by atoms with van der Waals surface area (Å²) < 4.78 is 4.46. The molecule has 0 saturated carbocycles. The zero-order valence-corrected chi connectivity index (χ0v) is 11.0. The van der Waals surface area contributed by atoms with E-state index in [0.29, 0.717) is 5.56 Å². The highest BCUT2D eigenvalue weighted by molar-refractivity contribution is 5.76. The Morgan fingerprint density at radius 1 is 1.26 bits per heavy atom. The maximum Gasteiger partial charge on any atom is 0.337 e. The minimum Gasteiger partial charge on any atom is -0.467 e. The fourth-order valence-corrected chi connectivity index (χ4v) is 2.40. The van der Waals surface area contributed by atoms with Gasteiger partial charge in [0.1, 0.15) is 6.10 Å². The summed E-state index contributed by atoms with van der Waals surface area (Å²) >= 11 is 0. The molecule has 0 radical (unpaired) electrons. The standard InChI is InChI=1S/C14H19NO4/c1-19-14(18)13(17)12(16)10-6-2-3-7-11(10)15-8-4-5-9-15/h2-3,6-7,12-13,16-17H,4-5,8-9H2,1H3. The number of carbonyl (C=O) groups excluding carboxylic acids is 1. The first-order chi connectivity index (χ1) is 9.15.